The lowest BCUT2D eigenvalue weighted by molar-refractivity contribution is -0.384. The predicted octanol–water partition coefficient (Wildman–Crippen LogP) is 4.51. The summed E-state index contributed by atoms with van der Waals surface area (Å²) in [4.78, 5) is 42.5. The molecule has 0 radical (unpaired) electrons. The fourth-order valence-electron chi connectivity index (χ4n) is 5.73. The average Bonchev–Trinajstić information content (AvgIpc) is 3.61. The van der Waals surface area contributed by atoms with Gasteiger partial charge in [-0.2, -0.15) is 0 Å². The van der Waals surface area contributed by atoms with Crippen LogP contribution in [0.5, 0.6) is 0 Å². The zero-order valence-corrected chi connectivity index (χ0v) is 22.4. The first-order valence-corrected chi connectivity index (χ1v) is 14.2. The van der Waals surface area contributed by atoms with E-state index in [2.05, 4.69) is 10.3 Å². The van der Waals surface area contributed by atoms with Crippen molar-refractivity contribution < 1.29 is 19.6 Å². The summed E-state index contributed by atoms with van der Waals surface area (Å²) in [5.41, 5.74) is 5.18. The van der Waals surface area contributed by atoms with Gasteiger partial charge in [0.2, 0.25) is 5.91 Å². The molecule has 2 N–H and O–H groups in total. The fourth-order valence-corrected chi connectivity index (χ4v) is 6.48. The number of hydrazine groups is 1. The summed E-state index contributed by atoms with van der Waals surface area (Å²) in [5.74, 6) is -1.49. The number of aliphatic hydroxyl groups excluding tert-OH is 1. The molecule has 0 bridgehead atoms. The van der Waals surface area contributed by atoms with Gasteiger partial charge in [0.15, 0.2) is 0 Å². The number of benzene rings is 2. The average molecular weight is 560 g/mol. The minimum Gasteiger partial charge on any atom is -0.386 e. The number of carbonyl (C=O) groups excluding carboxylic acids is 2. The molecule has 6 rings (SSSR count). The summed E-state index contributed by atoms with van der Waals surface area (Å²) in [6.07, 6.45) is 6.02. The standard InChI is InChI=1S/C29H29N5O5S/c35-27(25-5-4-18-40-25)24-15-14-23-26(33(24)30-19-6-8-22(9-7-19)34(38)39)29(37)32(28(23)36)21-12-10-20(11-13-21)31-16-2-1-3-17-31/h4-15,18,23-24,26-27,30,35H,1-3,16-17H2/t23?,24?,26-,27?/m0/s1. The van der Waals surface area contributed by atoms with Crippen molar-refractivity contribution >= 4 is 45.9 Å². The smallest absolute Gasteiger partial charge is 0.269 e. The van der Waals surface area contributed by atoms with Gasteiger partial charge in [0.05, 0.1) is 22.6 Å². The Hall–Kier alpha value is -4.06. The summed E-state index contributed by atoms with van der Waals surface area (Å²) >= 11 is 1.40. The molecule has 11 heteroatoms. The minimum atomic E-state index is -0.969. The normalized spacial score (nSPS) is 23.8. The highest BCUT2D eigenvalue weighted by Crippen LogP contribution is 2.39. The van der Waals surface area contributed by atoms with Crippen LogP contribution in [0, 0.1) is 16.0 Å². The van der Waals surface area contributed by atoms with Crippen LogP contribution >= 0.6 is 11.3 Å². The van der Waals surface area contributed by atoms with E-state index in [1.165, 1.54) is 34.8 Å². The maximum Gasteiger partial charge on any atom is 0.269 e. The number of nitro benzene ring substituents is 1. The molecule has 0 aliphatic carbocycles. The van der Waals surface area contributed by atoms with E-state index < -0.39 is 34.9 Å². The zero-order valence-electron chi connectivity index (χ0n) is 21.6. The summed E-state index contributed by atoms with van der Waals surface area (Å²) in [7, 11) is 0. The van der Waals surface area contributed by atoms with Gasteiger partial charge in [-0.25, -0.2) is 9.91 Å². The van der Waals surface area contributed by atoms with E-state index in [1.54, 1.807) is 29.3 Å². The SMILES string of the molecule is O=C1C2C=CC(C(O)c3cccs3)N(Nc3ccc([N+](=O)[O-])cc3)[C@@H]2C(=O)N1c1ccc(N2CCCCC2)cc1. The second-order valence-electron chi connectivity index (χ2n) is 10.2. The zero-order chi connectivity index (χ0) is 27.8. The van der Waals surface area contributed by atoms with Crippen LogP contribution in [0.1, 0.15) is 30.2 Å². The number of aliphatic hydroxyl groups is 1. The number of hydrogen-bond acceptors (Lipinski definition) is 9. The number of non-ortho nitro benzene ring substituents is 1. The second kappa shape index (κ2) is 10.8. The van der Waals surface area contributed by atoms with Gasteiger partial charge in [0.1, 0.15) is 12.1 Å². The topological polar surface area (TPSA) is 119 Å². The molecule has 2 fully saturated rings. The predicted molar refractivity (Wildman–Crippen MR) is 153 cm³/mol. The van der Waals surface area contributed by atoms with Crippen LogP contribution < -0.4 is 15.2 Å². The van der Waals surface area contributed by atoms with Gasteiger partial charge in [-0.05, 0) is 67.1 Å². The Morgan fingerprint density at radius 1 is 0.925 bits per heavy atom. The number of hydrogen-bond donors (Lipinski definition) is 2. The van der Waals surface area contributed by atoms with Crippen LogP contribution in [-0.2, 0) is 9.59 Å². The number of fused-ring (bicyclic) bond motifs is 1. The van der Waals surface area contributed by atoms with Crippen LogP contribution in [0.25, 0.3) is 0 Å². The third kappa shape index (κ3) is 4.76. The van der Waals surface area contributed by atoms with Crippen molar-refractivity contribution in [3.8, 4) is 0 Å². The first-order chi connectivity index (χ1) is 19.4. The van der Waals surface area contributed by atoms with Crippen molar-refractivity contribution in [1.82, 2.24) is 5.01 Å². The highest BCUT2D eigenvalue weighted by Gasteiger charge is 2.54. The lowest BCUT2D eigenvalue weighted by Gasteiger charge is -2.40. The van der Waals surface area contributed by atoms with Crippen LogP contribution in [0.15, 0.2) is 78.2 Å². The molecule has 1 aromatic heterocycles. The number of nitrogens with zero attached hydrogens (tertiary/aromatic N) is 4. The molecule has 3 aliphatic rings. The molecule has 3 unspecified atom stereocenters. The van der Waals surface area contributed by atoms with E-state index in [0.29, 0.717) is 16.3 Å². The quantitative estimate of drug-likeness (QED) is 0.188. The van der Waals surface area contributed by atoms with Crippen molar-refractivity contribution in [1.29, 1.82) is 0 Å². The molecule has 2 saturated heterocycles. The monoisotopic (exact) mass is 559 g/mol. The Labute approximate surface area is 235 Å². The van der Waals surface area contributed by atoms with Crippen LogP contribution in [0.2, 0.25) is 0 Å². The summed E-state index contributed by atoms with van der Waals surface area (Å²) < 4.78 is 0. The number of amides is 2. The van der Waals surface area contributed by atoms with Crippen LogP contribution in [0.3, 0.4) is 0 Å². The second-order valence-corrected chi connectivity index (χ2v) is 11.2. The van der Waals surface area contributed by atoms with Crippen molar-refractivity contribution in [2.75, 3.05) is 28.3 Å². The van der Waals surface area contributed by atoms with Gasteiger partial charge in [-0.1, -0.05) is 18.2 Å². The number of nitrogens with one attached hydrogen (secondary N) is 1. The minimum absolute atomic E-state index is 0.0663. The van der Waals surface area contributed by atoms with Crippen LogP contribution in [-0.4, -0.2) is 52.0 Å². The molecular weight excluding hydrogens is 530 g/mol. The molecule has 3 aliphatic heterocycles. The molecule has 40 heavy (non-hydrogen) atoms. The number of nitro groups is 1. The largest absolute Gasteiger partial charge is 0.386 e. The fraction of sp³-hybridized carbons (Fsp3) is 0.310. The molecule has 2 amide bonds. The number of thiophene rings is 1. The number of rotatable bonds is 7. The highest BCUT2D eigenvalue weighted by atomic mass is 32.1. The van der Waals surface area contributed by atoms with E-state index in [4.69, 9.17) is 0 Å². The van der Waals surface area contributed by atoms with Gasteiger partial charge < -0.3 is 15.4 Å². The van der Waals surface area contributed by atoms with Gasteiger partial charge in [-0.3, -0.25) is 19.7 Å². The Kier molecular flexibility index (Phi) is 7.09. The molecule has 3 aromatic rings. The van der Waals surface area contributed by atoms with Gasteiger partial charge in [0.25, 0.3) is 11.6 Å². The molecular formula is C29H29N5O5S. The number of imide groups is 1. The van der Waals surface area contributed by atoms with Crippen molar-refractivity contribution in [3.63, 3.8) is 0 Å². The number of carbonyl (C=O) groups is 2. The van der Waals surface area contributed by atoms with Crippen molar-refractivity contribution in [2.45, 2.75) is 37.5 Å². The van der Waals surface area contributed by atoms with E-state index in [1.807, 2.05) is 41.8 Å². The first kappa shape index (κ1) is 26.2. The maximum atomic E-state index is 13.9. The Balaban J connectivity index is 1.31. The van der Waals surface area contributed by atoms with E-state index in [0.717, 1.165) is 31.6 Å². The Bertz CT molecular complexity index is 1420. The molecule has 0 spiro atoms. The molecule has 4 atom stereocenters. The third-order valence-corrected chi connectivity index (χ3v) is 8.72. The van der Waals surface area contributed by atoms with Gasteiger partial charge in [-0.15, -0.1) is 11.3 Å². The van der Waals surface area contributed by atoms with Crippen molar-refractivity contribution in [2.24, 2.45) is 5.92 Å². The first-order valence-electron chi connectivity index (χ1n) is 13.3. The molecule has 206 valence electrons. The summed E-state index contributed by atoms with van der Waals surface area (Å²) in [6.45, 7) is 1.99. The Morgan fingerprint density at radius 3 is 2.27 bits per heavy atom. The molecule has 2 aromatic carbocycles. The molecule has 10 nitrogen and oxygen atoms in total. The van der Waals surface area contributed by atoms with E-state index in [9.17, 15) is 24.8 Å². The third-order valence-electron chi connectivity index (χ3n) is 7.78. The van der Waals surface area contributed by atoms with E-state index in [-0.39, 0.29) is 11.6 Å². The molecule has 4 heterocycles. The lowest BCUT2D eigenvalue weighted by Crippen LogP contribution is -2.55. The van der Waals surface area contributed by atoms with E-state index >= 15 is 0 Å². The highest BCUT2D eigenvalue weighted by molar-refractivity contribution is 7.10. The number of piperidine rings is 1. The molecule has 0 saturated carbocycles. The van der Waals surface area contributed by atoms with Crippen molar-refractivity contribution in [3.05, 3.63) is 93.2 Å². The summed E-state index contributed by atoms with van der Waals surface area (Å²) in [6, 6.07) is 15.4. The summed E-state index contributed by atoms with van der Waals surface area (Å²) in [5, 5.41) is 25.9. The maximum absolute atomic E-state index is 13.9. The van der Waals surface area contributed by atoms with Crippen LogP contribution in [0.4, 0.5) is 22.7 Å². The van der Waals surface area contributed by atoms with Gasteiger partial charge >= 0.3 is 0 Å². The lowest BCUT2D eigenvalue weighted by atomic mass is 9.92. The number of anilines is 3. The Morgan fingerprint density at radius 2 is 1.62 bits per heavy atom. The van der Waals surface area contributed by atoms with Gasteiger partial charge in [0, 0.05) is 41.5 Å².